The Morgan fingerprint density at radius 3 is 1.77 bits per heavy atom. The van der Waals surface area contributed by atoms with Gasteiger partial charge >= 0.3 is 0 Å². The van der Waals surface area contributed by atoms with Crippen molar-refractivity contribution >= 4 is 80.7 Å². The van der Waals surface area contributed by atoms with Crippen LogP contribution in [0.4, 0.5) is 11.4 Å². The van der Waals surface area contributed by atoms with Gasteiger partial charge in [0, 0.05) is 38.3 Å². The predicted molar refractivity (Wildman–Crippen MR) is 166 cm³/mol. The maximum atomic E-state index is 13.9. The molecule has 0 aliphatic carbocycles. The smallest absolute Gasteiger partial charge is 0.270 e. The van der Waals surface area contributed by atoms with E-state index in [0.717, 1.165) is 16.5 Å². The van der Waals surface area contributed by atoms with E-state index in [9.17, 15) is 9.59 Å². The molecule has 0 bridgehead atoms. The summed E-state index contributed by atoms with van der Waals surface area (Å²) in [6, 6.07) is 31.4. The fraction of sp³-hybridized carbons (Fsp3) is 0.0312. The number of halogens is 2. The zero-order valence-corrected chi connectivity index (χ0v) is 23.3. The summed E-state index contributed by atoms with van der Waals surface area (Å²) < 4.78 is 2.02. The summed E-state index contributed by atoms with van der Waals surface area (Å²) in [5.41, 5.74) is 3.56. The lowest BCUT2D eigenvalue weighted by molar-refractivity contribution is -0.120. The first-order valence-electron chi connectivity index (χ1n) is 12.5. The zero-order valence-electron chi connectivity index (χ0n) is 21.0. The molecule has 2 amide bonds. The fourth-order valence-electron chi connectivity index (χ4n) is 4.87. The summed E-state index contributed by atoms with van der Waals surface area (Å²) >= 11 is 18.7. The minimum Gasteiger partial charge on any atom is -0.342 e. The number of fused-ring (bicyclic) bond motifs is 1. The first-order valence-corrected chi connectivity index (χ1v) is 13.7. The number of nitrogens with zero attached hydrogens (tertiary/aromatic N) is 3. The van der Waals surface area contributed by atoms with Crippen LogP contribution in [-0.2, 0) is 16.1 Å². The maximum Gasteiger partial charge on any atom is 0.270 e. The molecule has 0 N–H and O–H groups in total. The van der Waals surface area contributed by atoms with E-state index < -0.39 is 11.8 Å². The third kappa shape index (κ3) is 4.60. The molecular weight excluding hydrogens is 561 g/mol. The van der Waals surface area contributed by atoms with Gasteiger partial charge in [0.25, 0.3) is 11.8 Å². The summed E-state index contributed by atoms with van der Waals surface area (Å²) in [7, 11) is 0. The van der Waals surface area contributed by atoms with E-state index in [4.69, 9.17) is 35.4 Å². The highest BCUT2D eigenvalue weighted by molar-refractivity contribution is 7.81. The lowest BCUT2D eigenvalue weighted by Gasteiger charge is -2.36. The van der Waals surface area contributed by atoms with Crippen molar-refractivity contribution in [1.29, 1.82) is 0 Å². The van der Waals surface area contributed by atoms with Crippen LogP contribution in [0.3, 0.4) is 0 Å². The van der Waals surface area contributed by atoms with E-state index >= 15 is 0 Å². The van der Waals surface area contributed by atoms with Crippen LogP contribution in [0.15, 0.2) is 115 Å². The molecule has 1 aliphatic heterocycles. The van der Waals surface area contributed by atoms with Crippen LogP contribution in [-0.4, -0.2) is 21.5 Å². The van der Waals surface area contributed by atoms with E-state index in [1.165, 1.54) is 9.80 Å². The Morgan fingerprint density at radius 2 is 1.20 bits per heavy atom. The van der Waals surface area contributed by atoms with Crippen molar-refractivity contribution < 1.29 is 9.59 Å². The lowest BCUT2D eigenvalue weighted by atomic mass is 10.0. The van der Waals surface area contributed by atoms with Crippen molar-refractivity contribution in [2.45, 2.75) is 6.54 Å². The van der Waals surface area contributed by atoms with Crippen molar-refractivity contribution in [3.05, 3.63) is 136 Å². The highest BCUT2D eigenvalue weighted by Crippen LogP contribution is 2.33. The van der Waals surface area contributed by atoms with Gasteiger partial charge in [-0.2, -0.15) is 0 Å². The number of hydrogen-bond acceptors (Lipinski definition) is 3. The minimum atomic E-state index is -0.487. The van der Waals surface area contributed by atoms with E-state index in [-0.39, 0.29) is 10.7 Å². The van der Waals surface area contributed by atoms with Crippen LogP contribution in [0, 0.1) is 0 Å². The van der Waals surface area contributed by atoms with Gasteiger partial charge in [-0.15, -0.1) is 0 Å². The van der Waals surface area contributed by atoms with Crippen LogP contribution in [0.5, 0.6) is 0 Å². The van der Waals surface area contributed by atoms with Crippen molar-refractivity contribution in [3.63, 3.8) is 0 Å². The summed E-state index contributed by atoms with van der Waals surface area (Å²) in [4.78, 5) is 30.7. The van der Waals surface area contributed by atoms with Crippen molar-refractivity contribution in [3.8, 4) is 0 Å². The first-order chi connectivity index (χ1) is 19.4. The second-order valence-electron chi connectivity index (χ2n) is 9.22. The number of carbonyl (C=O) groups excluding carboxylic acids is 2. The molecule has 4 aromatic carbocycles. The van der Waals surface area contributed by atoms with E-state index in [2.05, 4.69) is 0 Å². The zero-order chi connectivity index (χ0) is 27.8. The molecule has 0 atom stereocenters. The standard InChI is InChI=1S/C32H21Cl2N3O2S/c33-27-15-9-16-28(34)26(27)20-35-19-21(24-14-7-8-17-29(24)35)18-25-30(38)36(22-10-3-1-4-11-22)32(40)37(31(25)39)23-12-5-2-6-13-23/h1-19H,20H2. The summed E-state index contributed by atoms with van der Waals surface area (Å²) in [6.07, 6.45) is 3.55. The number of carbonyl (C=O) groups is 2. The molecule has 2 heterocycles. The number of aromatic nitrogens is 1. The number of para-hydroxylation sites is 3. The molecule has 1 aromatic heterocycles. The molecule has 1 fully saturated rings. The van der Waals surface area contributed by atoms with Crippen LogP contribution < -0.4 is 9.80 Å². The molecule has 0 spiro atoms. The Balaban J connectivity index is 1.50. The summed E-state index contributed by atoms with van der Waals surface area (Å²) in [5, 5.41) is 2.10. The van der Waals surface area contributed by atoms with Gasteiger partial charge in [-0.3, -0.25) is 19.4 Å². The predicted octanol–water partition coefficient (Wildman–Crippen LogP) is 7.74. The third-order valence-corrected chi connectivity index (χ3v) is 7.86. The topological polar surface area (TPSA) is 45.6 Å². The number of hydrogen-bond donors (Lipinski definition) is 0. The molecule has 1 saturated heterocycles. The van der Waals surface area contributed by atoms with Crippen LogP contribution >= 0.6 is 35.4 Å². The lowest BCUT2D eigenvalue weighted by Crippen LogP contribution is -2.56. The van der Waals surface area contributed by atoms with Gasteiger partial charge in [-0.1, -0.05) is 83.9 Å². The van der Waals surface area contributed by atoms with Crippen LogP contribution in [0.25, 0.3) is 17.0 Å². The molecule has 5 nitrogen and oxygen atoms in total. The number of anilines is 2. The quantitative estimate of drug-likeness (QED) is 0.121. The van der Waals surface area contributed by atoms with Gasteiger partial charge in [0.05, 0.1) is 17.9 Å². The Kier molecular flexibility index (Phi) is 6.98. The Hall–Kier alpha value is -4.23. The Labute approximate surface area is 246 Å². The van der Waals surface area contributed by atoms with E-state index in [0.29, 0.717) is 33.5 Å². The first kappa shape index (κ1) is 26.0. The normalized spacial score (nSPS) is 13.8. The molecule has 0 unspecified atom stereocenters. The number of amides is 2. The average Bonchev–Trinajstić information content (AvgIpc) is 3.31. The van der Waals surface area contributed by atoms with E-state index in [1.54, 1.807) is 48.5 Å². The van der Waals surface area contributed by atoms with Crippen LogP contribution in [0.2, 0.25) is 10.0 Å². The summed E-state index contributed by atoms with van der Waals surface area (Å²) in [6.45, 7) is 0.417. The van der Waals surface area contributed by atoms with Crippen molar-refractivity contribution in [1.82, 2.24) is 4.57 Å². The molecule has 6 rings (SSSR count). The second kappa shape index (κ2) is 10.7. The Morgan fingerprint density at radius 1 is 0.675 bits per heavy atom. The SMILES string of the molecule is O=C1C(=Cc2cn(Cc3c(Cl)cccc3Cl)c3ccccc23)C(=O)N(c2ccccc2)C(=S)N1c1ccccc1. The largest absolute Gasteiger partial charge is 0.342 e. The maximum absolute atomic E-state index is 13.9. The van der Waals surface area contributed by atoms with Crippen molar-refractivity contribution in [2.75, 3.05) is 9.80 Å². The Bertz CT molecular complexity index is 1730. The molecule has 40 heavy (non-hydrogen) atoms. The van der Waals surface area contributed by atoms with Gasteiger partial charge in [0.15, 0.2) is 5.11 Å². The van der Waals surface area contributed by atoms with Gasteiger partial charge in [-0.25, -0.2) is 0 Å². The van der Waals surface area contributed by atoms with Gasteiger partial charge in [0.1, 0.15) is 5.57 Å². The average molecular weight is 583 g/mol. The number of benzene rings is 4. The second-order valence-corrected chi connectivity index (χ2v) is 10.4. The molecule has 8 heteroatoms. The molecule has 196 valence electrons. The van der Waals surface area contributed by atoms with Gasteiger partial charge in [0.2, 0.25) is 0 Å². The minimum absolute atomic E-state index is 0.0000138. The number of thiocarbonyl (C=S) groups is 1. The molecule has 0 radical (unpaired) electrons. The van der Waals surface area contributed by atoms with Gasteiger partial charge < -0.3 is 4.57 Å². The molecule has 0 saturated carbocycles. The molecular formula is C32H21Cl2N3O2S. The number of rotatable bonds is 5. The third-order valence-electron chi connectivity index (χ3n) is 6.79. The highest BCUT2D eigenvalue weighted by Gasteiger charge is 2.41. The monoisotopic (exact) mass is 581 g/mol. The molecule has 5 aromatic rings. The van der Waals surface area contributed by atoms with Gasteiger partial charge in [-0.05, 0) is 60.8 Å². The highest BCUT2D eigenvalue weighted by atomic mass is 35.5. The van der Waals surface area contributed by atoms with E-state index in [1.807, 2.05) is 71.4 Å². The summed E-state index contributed by atoms with van der Waals surface area (Å²) in [5.74, 6) is -0.973. The van der Waals surface area contributed by atoms with Crippen LogP contribution in [0.1, 0.15) is 11.1 Å². The fourth-order valence-corrected chi connectivity index (χ4v) is 5.76. The molecule has 1 aliphatic rings. The van der Waals surface area contributed by atoms with Crippen molar-refractivity contribution in [2.24, 2.45) is 0 Å².